The maximum atomic E-state index is 13.7. The van der Waals surface area contributed by atoms with Crippen LogP contribution in [-0.4, -0.2) is 27.8 Å². The van der Waals surface area contributed by atoms with Gasteiger partial charge in [-0.2, -0.15) is 0 Å². The van der Waals surface area contributed by atoms with Crippen LogP contribution in [0.15, 0.2) is 71.7 Å². The van der Waals surface area contributed by atoms with E-state index in [9.17, 15) is 18.8 Å². The summed E-state index contributed by atoms with van der Waals surface area (Å²) in [6.45, 7) is 2.70. The molecule has 3 aromatic rings. The Bertz CT molecular complexity index is 1280. The number of carbonyl (C=O) groups is 2. The van der Waals surface area contributed by atoms with Gasteiger partial charge >= 0.3 is 0 Å². The van der Waals surface area contributed by atoms with Crippen molar-refractivity contribution in [2.75, 3.05) is 11.9 Å². The fraction of sp³-hybridized carbons (Fsp3) is 0.240. The first-order valence-electron chi connectivity index (χ1n) is 10.6. The van der Waals surface area contributed by atoms with Gasteiger partial charge < -0.3 is 14.8 Å². The predicted molar refractivity (Wildman–Crippen MR) is 118 cm³/mol. The van der Waals surface area contributed by atoms with Gasteiger partial charge in [0.25, 0.3) is 11.5 Å². The van der Waals surface area contributed by atoms with E-state index in [4.69, 9.17) is 0 Å². The first-order valence-corrected chi connectivity index (χ1v) is 10.6. The van der Waals surface area contributed by atoms with E-state index < -0.39 is 17.3 Å². The van der Waals surface area contributed by atoms with Crippen molar-refractivity contribution < 1.29 is 14.0 Å². The molecule has 0 bridgehead atoms. The molecule has 1 aromatic heterocycles. The lowest BCUT2D eigenvalue weighted by molar-refractivity contribution is -0.121. The molecule has 32 heavy (non-hydrogen) atoms. The molecule has 7 heteroatoms. The van der Waals surface area contributed by atoms with Crippen molar-refractivity contribution in [3.8, 4) is 0 Å². The Labute approximate surface area is 184 Å². The van der Waals surface area contributed by atoms with E-state index in [1.54, 1.807) is 29.3 Å². The molecule has 1 fully saturated rings. The van der Waals surface area contributed by atoms with Crippen molar-refractivity contribution >= 4 is 17.5 Å². The Balaban J connectivity index is 1.65. The number of fused-ring (bicyclic) bond motifs is 2. The van der Waals surface area contributed by atoms with Crippen molar-refractivity contribution in [3.05, 3.63) is 99.7 Å². The van der Waals surface area contributed by atoms with Crippen LogP contribution >= 0.6 is 0 Å². The molecule has 0 aliphatic carbocycles. The Morgan fingerprint density at radius 1 is 1.12 bits per heavy atom. The average molecular weight is 431 g/mol. The zero-order chi connectivity index (χ0) is 22.5. The smallest absolute Gasteiger partial charge is 0.254 e. The predicted octanol–water partition coefficient (Wildman–Crippen LogP) is 3.48. The quantitative estimate of drug-likeness (QED) is 0.690. The normalized spacial score (nSPS) is 21.6. The van der Waals surface area contributed by atoms with E-state index in [1.165, 1.54) is 22.8 Å². The maximum absolute atomic E-state index is 13.7. The van der Waals surface area contributed by atoms with Crippen molar-refractivity contribution in [1.29, 1.82) is 0 Å². The van der Waals surface area contributed by atoms with Gasteiger partial charge in [-0.05, 0) is 48.7 Å². The van der Waals surface area contributed by atoms with Crippen molar-refractivity contribution in [2.45, 2.75) is 31.3 Å². The molecule has 2 aliphatic rings. The minimum atomic E-state index is -0.984. The van der Waals surface area contributed by atoms with Crippen LogP contribution in [-0.2, 0) is 16.8 Å². The Morgan fingerprint density at radius 3 is 2.59 bits per heavy atom. The molecule has 6 nitrogen and oxygen atoms in total. The summed E-state index contributed by atoms with van der Waals surface area (Å²) in [5.41, 5.74) is 1.26. The Kier molecular flexibility index (Phi) is 4.69. The van der Waals surface area contributed by atoms with E-state index in [2.05, 4.69) is 5.32 Å². The van der Waals surface area contributed by atoms with Crippen LogP contribution in [0.1, 0.15) is 40.9 Å². The van der Waals surface area contributed by atoms with Gasteiger partial charge in [0.05, 0.1) is 6.04 Å². The van der Waals surface area contributed by atoms with Crippen molar-refractivity contribution in [2.24, 2.45) is 0 Å². The molecule has 1 N–H and O–H groups in total. The van der Waals surface area contributed by atoms with Crippen LogP contribution in [0.4, 0.5) is 10.1 Å². The summed E-state index contributed by atoms with van der Waals surface area (Å²) in [7, 11) is 0. The van der Waals surface area contributed by atoms with Crippen LogP contribution in [0, 0.1) is 5.82 Å². The number of amides is 2. The second kappa shape index (κ2) is 7.44. The fourth-order valence-electron chi connectivity index (χ4n) is 5.08. The minimum absolute atomic E-state index is 0.176. The van der Waals surface area contributed by atoms with Crippen LogP contribution in [0.3, 0.4) is 0 Å². The fourth-order valence-corrected chi connectivity index (χ4v) is 5.08. The monoisotopic (exact) mass is 431 g/mol. The van der Waals surface area contributed by atoms with Crippen LogP contribution in [0.25, 0.3) is 0 Å². The molecule has 2 atom stereocenters. The molecule has 162 valence electrons. The number of likely N-dealkylation sites (tertiary alicyclic amines) is 1. The number of aryl methyl sites for hydroxylation is 1. The molecule has 5 rings (SSSR count). The van der Waals surface area contributed by atoms with Gasteiger partial charge in [-0.3, -0.25) is 14.4 Å². The highest BCUT2D eigenvalue weighted by atomic mass is 19.1. The van der Waals surface area contributed by atoms with Gasteiger partial charge in [0.15, 0.2) is 0 Å². The molecular formula is C25H22FN3O3. The largest absolute Gasteiger partial charge is 0.330 e. The average Bonchev–Trinajstić information content (AvgIpc) is 3.33. The summed E-state index contributed by atoms with van der Waals surface area (Å²) in [4.78, 5) is 40.9. The number of hydrogen-bond acceptors (Lipinski definition) is 3. The summed E-state index contributed by atoms with van der Waals surface area (Å²) in [6.07, 6.45) is 2.03. The third-order valence-corrected chi connectivity index (χ3v) is 6.62. The summed E-state index contributed by atoms with van der Waals surface area (Å²) in [6, 6.07) is 15.7. The third-order valence-electron chi connectivity index (χ3n) is 6.62. The number of hydrogen-bond donors (Lipinski definition) is 1. The molecular weight excluding hydrogens is 409 g/mol. The van der Waals surface area contributed by atoms with Gasteiger partial charge in [0, 0.05) is 36.6 Å². The van der Waals surface area contributed by atoms with Gasteiger partial charge in [0.2, 0.25) is 5.91 Å². The molecule has 0 radical (unpaired) electrons. The number of rotatable bonds is 3. The lowest BCUT2D eigenvalue weighted by Crippen LogP contribution is -2.42. The molecule has 1 saturated heterocycles. The van der Waals surface area contributed by atoms with Crippen LogP contribution < -0.4 is 10.9 Å². The maximum Gasteiger partial charge on any atom is 0.254 e. The first kappa shape index (κ1) is 20.2. The lowest BCUT2D eigenvalue weighted by Gasteiger charge is -2.34. The molecule has 1 spiro atoms. The van der Waals surface area contributed by atoms with Gasteiger partial charge in [-0.25, -0.2) is 4.39 Å². The van der Waals surface area contributed by atoms with Gasteiger partial charge in [-0.15, -0.1) is 0 Å². The van der Waals surface area contributed by atoms with E-state index in [0.29, 0.717) is 25.1 Å². The minimum Gasteiger partial charge on any atom is -0.330 e. The number of aromatic nitrogens is 1. The second-order valence-electron chi connectivity index (χ2n) is 8.21. The number of nitrogens with one attached hydrogen (secondary N) is 1. The van der Waals surface area contributed by atoms with E-state index >= 15 is 0 Å². The number of pyridine rings is 1. The highest BCUT2D eigenvalue weighted by Gasteiger charge is 2.59. The second-order valence-corrected chi connectivity index (χ2v) is 8.21. The number of benzene rings is 2. The Morgan fingerprint density at radius 2 is 1.88 bits per heavy atom. The standard InChI is InChI=1S/C25H22FN3O3/c1-2-28-13-11-17(15-21(28)30)23(31)29-14-12-25(22(29)16-7-9-18(26)10-8-16)19-5-3-4-6-20(19)27-24(25)32/h3-11,13,15,22H,2,12,14H2,1H3,(H,27,32)/t22-,25+/m0/s1. The van der Waals surface area contributed by atoms with Crippen molar-refractivity contribution in [3.63, 3.8) is 0 Å². The number of para-hydroxylation sites is 1. The number of carbonyl (C=O) groups excluding carboxylic acids is 2. The summed E-state index contributed by atoms with van der Waals surface area (Å²) < 4.78 is 15.2. The van der Waals surface area contributed by atoms with E-state index in [1.807, 2.05) is 31.2 Å². The lowest BCUT2D eigenvalue weighted by atomic mass is 9.72. The van der Waals surface area contributed by atoms with E-state index in [-0.39, 0.29) is 22.9 Å². The molecule has 0 saturated carbocycles. The zero-order valence-electron chi connectivity index (χ0n) is 17.5. The highest BCUT2D eigenvalue weighted by Crippen LogP contribution is 2.54. The number of nitrogens with zero attached hydrogens (tertiary/aromatic N) is 2. The third kappa shape index (κ3) is 2.88. The molecule has 2 aromatic carbocycles. The molecule has 2 amide bonds. The molecule has 0 unspecified atom stereocenters. The SMILES string of the molecule is CCn1ccc(C(=O)N2CC[C@]3(C(=O)Nc4ccccc43)[C@@H]2c2ccc(F)cc2)cc1=O. The highest BCUT2D eigenvalue weighted by molar-refractivity contribution is 6.08. The van der Waals surface area contributed by atoms with Crippen molar-refractivity contribution in [1.82, 2.24) is 9.47 Å². The molecule has 3 heterocycles. The molecule has 2 aliphatic heterocycles. The van der Waals surface area contributed by atoms with E-state index in [0.717, 1.165) is 11.3 Å². The van der Waals surface area contributed by atoms with Crippen LogP contribution in [0.5, 0.6) is 0 Å². The van der Waals surface area contributed by atoms with Crippen LogP contribution in [0.2, 0.25) is 0 Å². The topological polar surface area (TPSA) is 71.4 Å². The first-order chi connectivity index (χ1) is 15.5. The van der Waals surface area contributed by atoms with Gasteiger partial charge in [0.1, 0.15) is 11.2 Å². The number of halogens is 1. The summed E-state index contributed by atoms with van der Waals surface area (Å²) in [5, 5.41) is 2.96. The Hall–Kier alpha value is -3.74. The summed E-state index contributed by atoms with van der Waals surface area (Å²) >= 11 is 0. The van der Waals surface area contributed by atoms with Gasteiger partial charge in [-0.1, -0.05) is 30.3 Å². The number of anilines is 1. The zero-order valence-corrected chi connectivity index (χ0v) is 17.5. The summed E-state index contributed by atoms with van der Waals surface area (Å²) in [5.74, 6) is -0.892.